The van der Waals surface area contributed by atoms with E-state index in [1.165, 1.54) is 12.5 Å². The van der Waals surface area contributed by atoms with Crippen LogP contribution in [0, 0.1) is 0 Å². The highest BCUT2D eigenvalue weighted by molar-refractivity contribution is 6.07. The van der Waals surface area contributed by atoms with Crippen LogP contribution in [0.5, 0.6) is 0 Å². The molecule has 1 fully saturated rings. The minimum absolute atomic E-state index is 0.0533. The maximum Gasteiger partial charge on any atom is 0.254 e. The van der Waals surface area contributed by atoms with Gasteiger partial charge in [0.2, 0.25) is 0 Å². The smallest absolute Gasteiger partial charge is 0.254 e. The zero-order valence-corrected chi connectivity index (χ0v) is 16.4. The topological polar surface area (TPSA) is 49.4 Å². The summed E-state index contributed by atoms with van der Waals surface area (Å²) in [6.45, 7) is 7.26. The maximum absolute atomic E-state index is 13.0. The molecule has 142 valence electrons. The van der Waals surface area contributed by atoms with E-state index in [2.05, 4.69) is 43.4 Å². The first-order chi connectivity index (χ1) is 13.0. The number of amides is 1. The third-order valence-electron chi connectivity index (χ3n) is 5.19. The molecule has 1 heterocycles. The number of hydrogen-bond donors (Lipinski definition) is 1. The largest absolute Gasteiger partial charge is 0.381 e. The van der Waals surface area contributed by atoms with Gasteiger partial charge in [-0.2, -0.15) is 0 Å². The molecule has 0 aliphatic carbocycles. The Balaban J connectivity index is 1.69. The quantitative estimate of drug-likeness (QED) is 0.780. The third-order valence-corrected chi connectivity index (χ3v) is 5.19. The Morgan fingerprint density at radius 1 is 1.04 bits per heavy atom. The Labute approximate surface area is 161 Å². The average Bonchev–Trinajstić information content (AvgIpc) is 2.68. The Morgan fingerprint density at radius 3 is 2.33 bits per heavy atom. The van der Waals surface area contributed by atoms with Crippen LogP contribution in [0.1, 0.15) is 65.8 Å². The SMILES string of the molecule is CC(=O)c1ccccc1C(=O)N1CCC[C@@H](Nc2ccc(C(C)C)cc2)C1. The predicted octanol–water partition coefficient (Wildman–Crippen LogP) is 4.73. The molecule has 0 spiro atoms. The van der Waals surface area contributed by atoms with Gasteiger partial charge in [-0.3, -0.25) is 9.59 Å². The zero-order chi connectivity index (χ0) is 19.4. The summed E-state index contributed by atoms with van der Waals surface area (Å²) in [6.07, 6.45) is 1.99. The summed E-state index contributed by atoms with van der Waals surface area (Å²) in [5.41, 5.74) is 3.42. The number of Topliss-reactive ketones (excluding diaryl/α,β-unsaturated/α-hetero) is 1. The third kappa shape index (κ3) is 4.57. The van der Waals surface area contributed by atoms with E-state index < -0.39 is 0 Å². The molecule has 1 aliphatic heterocycles. The van der Waals surface area contributed by atoms with Crippen molar-refractivity contribution in [3.63, 3.8) is 0 Å². The highest BCUT2D eigenvalue weighted by atomic mass is 16.2. The summed E-state index contributed by atoms with van der Waals surface area (Å²) in [5, 5.41) is 3.56. The van der Waals surface area contributed by atoms with Gasteiger partial charge in [0.15, 0.2) is 5.78 Å². The van der Waals surface area contributed by atoms with Crippen molar-refractivity contribution in [1.82, 2.24) is 4.90 Å². The first kappa shape index (κ1) is 19.2. The van der Waals surface area contributed by atoms with Crippen LogP contribution in [0.15, 0.2) is 48.5 Å². The van der Waals surface area contributed by atoms with Crippen LogP contribution < -0.4 is 5.32 Å². The first-order valence-corrected chi connectivity index (χ1v) is 9.71. The van der Waals surface area contributed by atoms with Gasteiger partial charge in [-0.1, -0.05) is 44.2 Å². The Morgan fingerprint density at radius 2 is 1.70 bits per heavy atom. The molecule has 0 saturated carbocycles. The van der Waals surface area contributed by atoms with Gasteiger partial charge in [0.05, 0.1) is 5.56 Å². The van der Waals surface area contributed by atoms with E-state index >= 15 is 0 Å². The maximum atomic E-state index is 13.0. The van der Waals surface area contributed by atoms with E-state index in [9.17, 15) is 9.59 Å². The fraction of sp³-hybridized carbons (Fsp3) is 0.391. The van der Waals surface area contributed by atoms with Gasteiger partial charge in [-0.05, 0) is 49.4 Å². The number of carbonyl (C=O) groups is 2. The van der Waals surface area contributed by atoms with Gasteiger partial charge in [0, 0.05) is 30.4 Å². The first-order valence-electron chi connectivity index (χ1n) is 9.71. The average molecular weight is 364 g/mol. The number of nitrogens with zero attached hydrogens (tertiary/aromatic N) is 1. The lowest BCUT2D eigenvalue weighted by Gasteiger charge is -2.34. The summed E-state index contributed by atoms with van der Waals surface area (Å²) in [4.78, 5) is 26.7. The van der Waals surface area contributed by atoms with E-state index in [1.807, 2.05) is 11.0 Å². The number of benzene rings is 2. The van der Waals surface area contributed by atoms with Crippen LogP contribution in [0.25, 0.3) is 0 Å². The molecule has 1 aliphatic rings. The fourth-order valence-electron chi connectivity index (χ4n) is 3.63. The Kier molecular flexibility index (Phi) is 5.94. The van der Waals surface area contributed by atoms with Gasteiger partial charge in [0.25, 0.3) is 5.91 Å². The highest BCUT2D eigenvalue weighted by Gasteiger charge is 2.26. The summed E-state index contributed by atoms with van der Waals surface area (Å²) in [7, 11) is 0. The molecule has 3 rings (SSSR count). The number of ketones is 1. The normalized spacial score (nSPS) is 17.0. The van der Waals surface area contributed by atoms with Crippen LogP contribution in [-0.2, 0) is 0 Å². The lowest BCUT2D eigenvalue weighted by Crippen LogP contribution is -2.45. The van der Waals surface area contributed by atoms with Crippen molar-refractivity contribution in [2.45, 2.75) is 45.6 Å². The van der Waals surface area contributed by atoms with E-state index in [0.29, 0.717) is 23.6 Å². The summed E-state index contributed by atoms with van der Waals surface area (Å²) in [6, 6.07) is 15.8. The lowest BCUT2D eigenvalue weighted by atomic mass is 10.00. The van der Waals surface area contributed by atoms with Gasteiger partial charge in [0.1, 0.15) is 0 Å². The molecule has 0 unspecified atom stereocenters. The van der Waals surface area contributed by atoms with Crippen LogP contribution >= 0.6 is 0 Å². The molecule has 2 aromatic rings. The van der Waals surface area contributed by atoms with Crippen molar-refractivity contribution in [3.8, 4) is 0 Å². The molecule has 1 saturated heterocycles. The standard InChI is InChI=1S/C23H28N2O2/c1-16(2)18-10-12-19(13-11-18)24-20-7-6-14-25(15-20)23(27)22-9-5-4-8-21(22)17(3)26/h4-5,8-13,16,20,24H,6-7,14-15H2,1-3H3/t20-/m1/s1. The van der Waals surface area contributed by atoms with Crippen LogP contribution in [-0.4, -0.2) is 35.7 Å². The van der Waals surface area contributed by atoms with Gasteiger partial charge in [-0.25, -0.2) is 0 Å². The summed E-state index contributed by atoms with van der Waals surface area (Å²) >= 11 is 0. The lowest BCUT2D eigenvalue weighted by molar-refractivity contribution is 0.0710. The molecule has 4 heteroatoms. The highest BCUT2D eigenvalue weighted by Crippen LogP contribution is 2.22. The molecular formula is C23H28N2O2. The minimum atomic E-state index is -0.0733. The monoisotopic (exact) mass is 364 g/mol. The summed E-state index contributed by atoms with van der Waals surface area (Å²) < 4.78 is 0. The van der Waals surface area contributed by atoms with Crippen molar-refractivity contribution in [2.75, 3.05) is 18.4 Å². The van der Waals surface area contributed by atoms with Crippen molar-refractivity contribution in [1.29, 1.82) is 0 Å². The molecule has 0 aromatic heterocycles. The van der Waals surface area contributed by atoms with E-state index in [0.717, 1.165) is 25.1 Å². The Hall–Kier alpha value is -2.62. The van der Waals surface area contributed by atoms with E-state index in [4.69, 9.17) is 0 Å². The fourth-order valence-corrected chi connectivity index (χ4v) is 3.63. The van der Waals surface area contributed by atoms with Crippen molar-refractivity contribution in [2.24, 2.45) is 0 Å². The molecule has 1 N–H and O–H groups in total. The number of likely N-dealkylation sites (tertiary alicyclic amines) is 1. The Bertz CT molecular complexity index is 811. The second-order valence-electron chi connectivity index (χ2n) is 7.61. The number of hydrogen-bond acceptors (Lipinski definition) is 3. The number of nitrogens with one attached hydrogen (secondary N) is 1. The van der Waals surface area contributed by atoms with Gasteiger partial charge >= 0.3 is 0 Å². The van der Waals surface area contributed by atoms with Crippen LogP contribution in [0.4, 0.5) is 5.69 Å². The number of piperidine rings is 1. The van der Waals surface area contributed by atoms with Crippen LogP contribution in [0.3, 0.4) is 0 Å². The second-order valence-corrected chi connectivity index (χ2v) is 7.61. The molecule has 1 amide bonds. The minimum Gasteiger partial charge on any atom is -0.381 e. The summed E-state index contributed by atoms with van der Waals surface area (Å²) in [5.74, 6) is 0.390. The van der Waals surface area contributed by atoms with Gasteiger partial charge < -0.3 is 10.2 Å². The molecular weight excluding hydrogens is 336 g/mol. The van der Waals surface area contributed by atoms with Crippen molar-refractivity contribution < 1.29 is 9.59 Å². The predicted molar refractivity (Wildman–Crippen MR) is 110 cm³/mol. The zero-order valence-electron chi connectivity index (χ0n) is 16.4. The molecule has 4 nitrogen and oxygen atoms in total. The van der Waals surface area contributed by atoms with Crippen molar-refractivity contribution in [3.05, 3.63) is 65.2 Å². The van der Waals surface area contributed by atoms with E-state index in [1.54, 1.807) is 18.2 Å². The molecule has 27 heavy (non-hydrogen) atoms. The second kappa shape index (κ2) is 8.38. The number of anilines is 1. The molecule has 0 radical (unpaired) electrons. The molecule has 1 atom stereocenters. The van der Waals surface area contributed by atoms with Crippen molar-refractivity contribution >= 4 is 17.4 Å². The van der Waals surface area contributed by atoms with E-state index in [-0.39, 0.29) is 17.7 Å². The number of rotatable bonds is 5. The molecule has 0 bridgehead atoms. The van der Waals surface area contributed by atoms with Crippen LogP contribution in [0.2, 0.25) is 0 Å². The number of carbonyl (C=O) groups excluding carboxylic acids is 2. The van der Waals surface area contributed by atoms with Gasteiger partial charge in [-0.15, -0.1) is 0 Å². The molecule has 2 aromatic carbocycles.